The van der Waals surface area contributed by atoms with E-state index < -0.39 is 5.56 Å². The van der Waals surface area contributed by atoms with Crippen LogP contribution in [0.25, 0.3) is 11.3 Å². The number of aryl methyl sites for hydroxylation is 1. The predicted molar refractivity (Wildman–Crippen MR) is 101 cm³/mol. The summed E-state index contributed by atoms with van der Waals surface area (Å²) in [5.74, 6) is 0.772. The fourth-order valence-electron chi connectivity index (χ4n) is 2.38. The summed E-state index contributed by atoms with van der Waals surface area (Å²) in [4.78, 5) is 19.4. The van der Waals surface area contributed by atoms with Gasteiger partial charge in [0.25, 0.3) is 5.56 Å². The summed E-state index contributed by atoms with van der Waals surface area (Å²) in [5, 5.41) is 10.3. The second-order valence-electron chi connectivity index (χ2n) is 5.30. The molecule has 124 valence electrons. The number of rotatable bonds is 5. The molecule has 0 saturated heterocycles. The Balaban J connectivity index is 1.86. The van der Waals surface area contributed by atoms with Gasteiger partial charge in [-0.25, -0.2) is 4.98 Å². The SMILES string of the molecule is N#Cc1c(-c2cccc(Cl)c2)nc(SCCc2ccccc2)[nH]c1=O. The van der Waals surface area contributed by atoms with Crippen LogP contribution in [0.15, 0.2) is 64.5 Å². The first-order valence-corrected chi connectivity index (χ1v) is 9.01. The molecule has 0 spiro atoms. The fraction of sp³-hybridized carbons (Fsp3) is 0.105. The van der Waals surface area contributed by atoms with Gasteiger partial charge in [0, 0.05) is 16.3 Å². The van der Waals surface area contributed by atoms with Crippen molar-refractivity contribution in [2.75, 3.05) is 5.75 Å². The molecule has 0 aliphatic carbocycles. The molecule has 2 aromatic carbocycles. The third-order valence-electron chi connectivity index (χ3n) is 3.58. The smallest absolute Gasteiger partial charge is 0.270 e. The Morgan fingerprint density at radius 1 is 1.16 bits per heavy atom. The van der Waals surface area contributed by atoms with Crippen molar-refractivity contribution in [2.45, 2.75) is 11.6 Å². The normalized spacial score (nSPS) is 10.4. The van der Waals surface area contributed by atoms with Gasteiger partial charge in [-0.15, -0.1) is 0 Å². The highest BCUT2D eigenvalue weighted by atomic mass is 35.5. The number of nitrogens with zero attached hydrogens (tertiary/aromatic N) is 2. The monoisotopic (exact) mass is 367 g/mol. The van der Waals surface area contributed by atoms with Crippen LogP contribution in [0.4, 0.5) is 0 Å². The van der Waals surface area contributed by atoms with Crippen molar-refractivity contribution in [3.05, 3.63) is 81.1 Å². The number of nitrogens with one attached hydrogen (secondary N) is 1. The van der Waals surface area contributed by atoms with Gasteiger partial charge in [0.05, 0.1) is 5.69 Å². The highest BCUT2D eigenvalue weighted by Crippen LogP contribution is 2.24. The molecule has 0 radical (unpaired) electrons. The standard InChI is InChI=1S/C19H14ClN3OS/c20-15-8-4-7-14(11-15)17-16(12-21)18(24)23-19(22-17)25-10-9-13-5-2-1-3-6-13/h1-8,11H,9-10H2,(H,22,23,24). The number of benzene rings is 2. The van der Waals surface area contributed by atoms with Crippen LogP contribution in [0.3, 0.4) is 0 Å². The molecule has 4 nitrogen and oxygen atoms in total. The number of hydrogen-bond acceptors (Lipinski definition) is 4. The lowest BCUT2D eigenvalue weighted by Gasteiger charge is -2.07. The van der Waals surface area contributed by atoms with Gasteiger partial charge in [-0.2, -0.15) is 5.26 Å². The third-order valence-corrected chi connectivity index (χ3v) is 4.69. The van der Waals surface area contributed by atoms with Crippen molar-refractivity contribution in [1.29, 1.82) is 5.26 Å². The highest BCUT2D eigenvalue weighted by molar-refractivity contribution is 7.99. The van der Waals surface area contributed by atoms with Crippen molar-refractivity contribution < 1.29 is 0 Å². The Hall–Kier alpha value is -2.55. The number of halogens is 1. The minimum Gasteiger partial charge on any atom is -0.300 e. The number of nitriles is 1. The zero-order valence-electron chi connectivity index (χ0n) is 13.2. The summed E-state index contributed by atoms with van der Waals surface area (Å²) in [7, 11) is 0. The molecule has 1 N–H and O–H groups in total. The molecule has 0 bridgehead atoms. The lowest BCUT2D eigenvalue weighted by Crippen LogP contribution is -2.15. The van der Waals surface area contributed by atoms with Crippen LogP contribution in [-0.2, 0) is 6.42 Å². The molecular formula is C19H14ClN3OS. The van der Waals surface area contributed by atoms with Crippen molar-refractivity contribution in [2.24, 2.45) is 0 Å². The van der Waals surface area contributed by atoms with Crippen LogP contribution < -0.4 is 5.56 Å². The molecule has 1 aromatic heterocycles. The van der Waals surface area contributed by atoms with Crippen molar-refractivity contribution in [1.82, 2.24) is 9.97 Å². The van der Waals surface area contributed by atoms with Gasteiger partial charge in [0.1, 0.15) is 11.6 Å². The van der Waals surface area contributed by atoms with Gasteiger partial charge in [-0.05, 0) is 24.1 Å². The summed E-state index contributed by atoms with van der Waals surface area (Å²) in [6.45, 7) is 0. The second-order valence-corrected chi connectivity index (χ2v) is 6.82. The predicted octanol–water partition coefficient (Wildman–Crippen LogP) is 4.30. The molecule has 0 aliphatic heterocycles. The fourth-order valence-corrected chi connectivity index (χ4v) is 3.42. The summed E-state index contributed by atoms with van der Waals surface area (Å²) >= 11 is 7.47. The molecule has 6 heteroatoms. The van der Waals surface area contributed by atoms with Crippen LogP contribution >= 0.6 is 23.4 Å². The number of aromatic amines is 1. The van der Waals surface area contributed by atoms with E-state index in [4.69, 9.17) is 11.6 Å². The van der Waals surface area contributed by atoms with E-state index in [0.717, 1.165) is 12.2 Å². The minimum atomic E-state index is -0.435. The second kappa shape index (κ2) is 8.02. The van der Waals surface area contributed by atoms with Gasteiger partial charge < -0.3 is 4.98 Å². The van der Waals surface area contributed by atoms with E-state index in [0.29, 0.717) is 21.4 Å². The largest absolute Gasteiger partial charge is 0.300 e. The van der Waals surface area contributed by atoms with Crippen LogP contribution in [0, 0.1) is 11.3 Å². The summed E-state index contributed by atoms with van der Waals surface area (Å²) < 4.78 is 0. The Bertz CT molecular complexity index is 980. The number of aromatic nitrogens is 2. The Morgan fingerprint density at radius 2 is 1.96 bits per heavy atom. The molecule has 0 fully saturated rings. The van der Waals surface area contributed by atoms with E-state index in [1.54, 1.807) is 24.3 Å². The van der Waals surface area contributed by atoms with Crippen molar-refractivity contribution in [3.63, 3.8) is 0 Å². The number of hydrogen-bond donors (Lipinski definition) is 1. The first-order valence-electron chi connectivity index (χ1n) is 7.64. The van der Waals surface area contributed by atoms with E-state index in [2.05, 4.69) is 22.1 Å². The average molecular weight is 368 g/mol. The van der Waals surface area contributed by atoms with Crippen LogP contribution in [0.2, 0.25) is 5.02 Å². The summed E-state index contributed by atoms with van der Waals surface area (Å²) in [6.07, 6.45) is 0.863. The molecule has 0 saturated carbocycles. The van der Waals surface area contributed by atoms with Crippen LogP contribution in [0.5, 0.6) is 0 Å². The van der Waals surface area contributed by atoms with Crippen molar-refractivity contribution >= 4 is 23.4 Å². The number of H-pyrrole nitrogens is 1. The van der Waals surface area contributed by atoms with Crippen molar-refractivity contribution in [3.8, 4) is 17.3 Å². The first kappa shape index (κ1) is 17.3. The molecule has 0 aliphatic rings. The lowest BCUT2D eigenvalue weighted by molar-refractivity contribution is 0.932. The van der Waals surface area contributed by atoms with E-state index in [1.807, 2.05) is 24.3 Å². The molecule has 3 rings (SSSR count). The van der Waals surface area contributed by atoms with Crippen LogP contribution in [0.1, 0.15) is 11.1 Å². The molecule has 25 heavy (non-hydrogen) atoms. The maximum absolute atomic E-state index is 12.2. The Kier molecular flexibility index (Phi) is 5.54. The highest BCUT2D eigenvalue weighted by Gasteiger charge is 2.14. The van der Waals surface area contributed by atoms with Gasteiger partial charge in [-0.1, -0.05) is 65.8 Å². The zero-order valence-corrected chi connectivity index (χ0v) is 14.8. The summed E-state index contributed by atoms with van der Waals surface area (Å²) in [6, 6.07) is 19.0. The molecule has 0 unspecified atom stereocenters. The maximum atomic E-state index is 12.2. The van der Waals surface area contributed by atoms with Gasteiger partial charge in [0.2, 0.25) is 0 Å². The maximum Gasteiger partial charge on any atom is 0.270 e. The van der Waals surface area contributed by atoms with E-state index in [9.17, 15) is 10.1 Å². The quantitative estimate of drug-likeness (QED) is 0.539. The molecule has 1 heterocycles. The van der Waals surface area contributed by atoms with Crippen LogP contribution in [-0.4, -0.2) is 15.7 Å². The first-order chi connectivity index (χ1) is 12.2. The average Bonchev–Trinajstić information content (AvgIpc) is 2.62. The van der Waals surface area contributed by atoms with Gasteiger partial charge in [0.15, 0.2) is 5.16 Å². The zero-order chi connectivity index (χ0) is 17.6. The number of thioether (sulfide) groups is 1. The van der Waals surface area contributed by atoms with E-state index >= 15 is 0 Å². The van der Waals surface area contributed by atoms with Gasteiger partial charge >= 0.3 is 0 Å². The van der Waals surface area contributed by atoms with Gasteiger partial charge in [-0.3, -0.25) is 4.79 Å². The lowest BCUT2D eigenvalue weighted by atomic mass is 10.1. The third kappa shape index (κ3) is 4.30. The molecule has 0 amide bonds. The van der Waals surface area contributed by atoms with E-state index in [1.165, 1.54) is 17.3 Å². The molecule has 3 aromatic rings. The van der Waals surface area contributed by atoms with E-state index in [-0.39, 0.29) is 5.56 Å². The minimum absolute atomic E-state index is 0.00493. The molecular weight excluding hydrogens is 354 g/mol. The Labute approximate surface area is 154 Å². The topological polar surface area (TPSA) is 69.5 Å². The molecule has 0 atom stereocenters. The summed E-state index contributed by atoms with van der Waals surface area (Å²) in [5.41, 5.74) is 1.79. The Morgan fingerprint density at radius 3 is 2.68 bits per heavy atom.